The quantitative estimate of drug-likeness (QED) is 0.651. The van der Waals surface area contributed by atoms with Crippen LogP contribution in [0.1, 0.15) is 39.5 Å². The molecule has 0 heterocycles. The first-order valence-corrected chi connectivity index (χ1v) is 4.87. The van der Waals surface area contributed by atoms with E-state index in [4.69, 9.17) is 5.11 Å². The summed E-state index contributed by atoms with van der Waals surface area (Å²) in [5.74, 6) is 2.32. The second kappa shape index (κ2) is 4.10. The van der Waals surface area contributed by atoms with Crippen molar-refractivity contribution in [2.45, 2.75) is 39.5 Å². The average Bonchev–Trinajstić information content (AvgIpc) is 2.03. The Labute approximate surface area is 69.8 Å². The molecule has 1 N–H and O–H groups in total. The van der Waals surface area contributed by atoms with Gasteiger partial charge in [0.15, 0.2) is 0 Å². The Hall–Kier alpha value is -0.0400. The normalized spacial score (nSPS) is 39.0. The molecule has 1 heteroatoms. The van der Waals surface area contributed by atoms with Crippen LogP contribution >= 0.6 is 0 Å². The van der Waals surface area contributed by atoms with Gasteiger partial charge in [-0.2, -0.15) is 0 Å². The van der Waals surface area contributed by atoms with Crippen LogP contribution in [0.25, 0.3) is 0 Å². The Morgan fingerprint density at radius 3 is 2.36 bits per heavy atom. The van der Waals surface area contributed by atoms with Gasteiger partial charge in [0.25, 0.3) is 0 Å². The molecule has 1 nitrogen and oxygen atoms in total. The van der Waals surface area contributed by atoms with Crippen LogP contribution in [-0.2, 0) is 0 Å². The Bertz CT molecular complexity index is 99.4. The van der Waals surface area contributed by atoms with E-state index in [0.29, 0.717) is 12.5 Å². The van der Waals surface area contributed by atoms with Crippen molar-refractivity contribution >= 4 is 0 Å². The summed E-state index contributed by atoms with van der Waals surface area (Å²) in [6.45, 7) is 4.97. The lowest BCUT2D eigenvalue weighted by atomic mass is 9.75. The van der Waals surface area contributed by atoms with Gasteiger partial charge in [0, 0.05) is 6.61 Å². The van der Waals surface area contributed by atoms with Gasteiger partial charge in [-0.1, -0.05) is 20.3 Å². The second-order valence-corrected chi connectivity index (χ2v) is 4.14. The molecule has 0 spiro atoms. The maximum Gasteiger partial charge on any atom is 0.0459 e. The molecule has 0 aromatic rings. The van der Waals surface area contributed by atoms with Crippen molar-refractivity contribution in [3.05, 3.63) is 0 Å². The van der Waals surface area contributed by atoms with Crippen molar-refractivity contribution in [1.82, 2.24) is 0 Å². The zero-order chi connectivity index (χ0) is 8.27. The maximum atomic E-state index is 9.02. The zero-order valence-corrected chi connectivity index (χ0v) is 7.71. The van der Waals surface area contributed by atoms with E-state index in [1.807, 2.05) is 0 Å². The summed E-state index contributed by atoms with van der Waals surface area (Å²) >= 11 is 0. The fraction of sp³-hybridized carbons (Fsp3) is 1.00. The van der Waals surface area contributed by atoms with Crippen LogP contribution in [0.2, 0.25) is 0 Å². The van der Waals surface area contributed by atoms with E-state index in [0.717, 1.165) is 11.8 Å². The molecule has 0 bridgehead atoms. The van der Waals surface area contributed by atoms with Crippen LogP contribution in [0.3, 0.4) is 0 Å². The molecule has 0 amide bonds. The number of hydrogen-bond donors (Lipinski definition) is 1. The van der Waals surface area contributed by atoms with E-state index >= 15 is 0 Å². The van der Waals surface area contributed by atoms with Gasteiger partial charge in [0.2, 0.25) is 0 Å². The largest absolute Gasteiger partial charge is 0.396 e. The number of aliphatic hydroxyl groups excluding tert-OH is 1. The SMILES string of the molecule is CC[C@@H]1C[C@H](C)C[C@H](CO)C1. The minimum atomic E-state index is 0.404. The van der Waals surface area contributed by atoms with Crippen molar-refractivity contribution in [1.29, 1.82) is 0 Å². The highest BCUT2D eigenvalue weighted by Gasteiger charge is 2.24. The zero-order valence-electron chi connectivity index (χ0n) is 7.71. The molecule has 0 radical (unpaired) electrons. The van der Waals surface area contributed by atoms with Gasteiger partial charge in [0.05, 0.1) is 0 Å². The van der Waals surface area contributed by atoms with E-state index < -0.39 is 0 Å². The summed E-state index contributed by atoms with van der Waals surface area (Å²) in [6.07, 6.45) is 5.18. The number of hydrogen-bond acceptors (Lipinski definition) is 1. The van der Waals surface area contributed by atoms with Gasteiger partial charge in [-0.3, -0.25) is 0 Å². The summed E-state index contributed by atoms with van der Waals surface area (Å²) in [5.41, 5.74) is 0. The standard InChI is InChI=1S/C10H20O/c1-3-9-4-8(2)5-10(6-9)7-11/h8-11H,3-7H2,1-2H3/t8-,9+,10-/m0/s1. The molecule has 11 heavy (non-hydrogen) atoms. The van der Waals surface area contributed by atoms with Crippen LogP contribution in [-0.4, -0.2) is 11.7 Å². The van der Waals surface area contributed by atoms with Crippen LogP contribution < -0.4 is 0 Å². The summed E-state index contributed by atoms with van der Waals surface area (Å²) in [6, 6.07) is 0. The lowest BCUT2D eigenvalue weighted by Gasteiger charge is -2.31. The van der Waals surface area contributed by atoms with Gasteiger partial charge in [0.1, 0.15) is 0 Å². The van der Waals surface area contributed by atoms with Gasteiger partial charge in [-0.25, -0.2) is 0 Å². The first kappa shape index (κ1) is 9.05. The minimum absolute atomic E-state index is 0.404. The van der Waals surface area contributed by atoms with E-state index in [1.54, 1.807) is 0 Å². The van der Waals surface area contributed by atoms with Crippen molar-refractivity contribution < 1.29 is 5.11 Å². The third kappa shape index (κ3) is 2.48. The lowest BCUT2D eigenvalue weighted by molar-refractivity contribution is 0.130. The highest BCUT2D eigenvalue weighted by Crippen LogP contribution is 2.34. The van der Waals surface area contributed by atoms with Crippen LogP contribution in [0.4, 0.5) is 0 Å². The molecule has 1 fully saturated rings. The molecule has 0 saturated heterocycles. The van der Waals surface area contributed by atoms with Crippen molar-refractivity contribution in [3.63, 3.8) is 0 Å². The molecule has 0 unspecified atom stereocenters. The van der Waals surface area contributed by atoms with Gasteiger partial charge < -0.3 is 5.11 Å². The number of rotatable bonds is 2. The topological polar surface area (TPSA) is 20.2 Å². The fourth-order valence-electron chi connectivity index (χ4n) is 2.38. The van der Waals surface area contributed by atoms with E-state index in [9.17, 15) is 0 Å². The first-order valence-electron chi connectivity index (χ1n) is 4.87. The van der Waals surface area contributed by atoms with Crippen LogP contribution in [0.15, 0.2) is 0 Å². The van der Waals surface area contributed by atoms with E-state index in [1.165, 1.54) is 25.7 Å². The summed E-state index contributed by atoms with van der Waals surface area (Å²) in [7, 11) is 0. The number of aliphatic hydroxyl groups is 1. The van der Waals surface area contributed by atoms with Crippen LogP contribution in [0, 0.1) is 17.8 Å². The van der Waals surface area contributed by atoms with E-state index in [2.05, 4.69) is 13.8 Å². The molecule has 3 atom stereocenters. The second-order valence-electron chi connectivity index (χ2n) is 4.14. The van der Waals surface area contributed by atoms with Gasteiger partial charge in [-0.15, -0.1) is 0 Å². The third-order valence-corrected chi connectivity index (χ3v) is 2.97. The third-order valence-electron chi connectivity index (χ3n) is 2.97. The molecular weight excluding hydrogens is 136 g/mol. The Morgan fingerprint density at radius 1 is 1.18 bits per heavy atom. The summed E-state index contributed by atoms with van der Waals surface area (Å²) in [4.78, 5) is 0. The predicted molar refractivity (Wildman–Crippen MR) is 47.4 cm³/mol. The van der Waals surface area contributed by atoms with Crippen LogP contribution in [0.5, 0.6) is 0 Å². The smallest absolute Gasteiger partial charge is 0.0459 e. The Balaban J connectivity index is 2.37. The van der Waals surface area contributed by atoms with Gasteiger partial charge in [-0.05, 0) is 37.0 Å². The Kier molecular flexibility index (Phi) is 3.38. The molecule has 1 aliphatic carbocycles. The van der Waals surface area contributed by atoms with Crippen molar-refractivity contribution in [2.75, 3.05) is 6.61 Å². The molecule has 1 aliphatic rings. The average molecular weight is 156 g/mol. The monoisotopic (exact) mass is 156 g/mol. The minimum Gasteiger partial charge on any atom is -0.396 e. The molecule has 0 aromatic heterocycles. The lowest BCUT2D eigenvalue weighted by Crippen LogP contribution is -2.23. The summed E-state index contributed by atoms with van der Waals surface area (Å²) in [5, 5.41) is 9.02. The maximum absolute atomic E-state index is 9.02. The Morgan fingerprint density at radius 2 is 1.82 bits per heavy atom. The molecule has 0 aliphatic heterocycles. The molecule has 1 saturated carbocycles. The van der Waals surface area contributed by atoms with E-state index in [-0.39, 0.29) is 0 Å². The molecular formula is C10H20O. The van der Waals surface area contributed by atoms with Crippen molar-refractivity contribution in [3.8, 4) is 0 Å². The van der Waals surface area contributed by atoms with Crippen molar-refractivity contribution in [2.24, 2.45) is 17.8 Å². The molecule has 66 valence electrons. The van der Waals surface area contributed by atoms with Gasteiger partial charge >= 0.3 is 0 Å². The highest BCUT2D eigenvalue weighted by molar-refractivity contribution is 4.75. The first-order chi connectivity index (χ1) is 5.26. The molecule has 1 rings (SSSR count). The fourth-order valence-corrected chi connectivity index (χ4v) is 2.38. The molecule has 0 aromatic carbocycles. The summed E-state index contributed by atoms with van der Waals surface area (Å²) < 4.78 is 0. The highest BCUT2D eigenvalue weighted by atomic mass is 16.3. The predicted octanol–water partition coefficient (Wildman–Crippen LogP) is 2.44.